The van der Waals surface area contributed by atoms with Crippen LogP contribution in [-0.4, -0.2) is 25.7 Å². The highest BCUT2D eigenvalue weighted by Gasteiger charge is 2.24. The van der Waals surface area contributed by atoms with Crippen molar-refractivity contribution in [1.29, 1.82) is 0 Å². The highest BCUT2D eigenvalue weighted by Crippen LogP contribution is 2.22. The highest BCUT2D eigenvalue weighted by molar-refractivity contribution is 7.89. The Balaban J connectivity index is 1.65. The average molecular weight is 450 g/mol. The van der Waals surface area contributed by atoms with E-state index in [4.69, 9.17) is 4.74 Å². The van der Waals surface area contributed by atoms with Crippen LogP contribution in [0.2, 0.25) is 0 Å². The second kappa shape index (κ2) is 9.57. The van der Waals surface area contributed by atoms with E-state index in [0.717, 1.165) is 15.4 Å². The highest BCUT2D eigenvalue weighted by atomic mass is 32.2. The Bertz CT molecular complexity index is 1250. The minimum atomic E-state index is -3.90. The van der Waals surface area contributed by atoms with E-state index in [1.165, 1.54) is 31.3 Å². The van der Waals surface area contributed by atoms with Gasteiger partial charge in [-0.05, 0) is 69.0 Å². The third kappa shape index (κ3) is 5.47. The normalized spacial score (nSPS) is 11.3. The van der Waals surface area contributed by atoms with Crippen molar-refractivity contribution >= 4 is 27.4 Å². The number of hydrogen-bond donors (Lipinski definition) is 0. The van der Waals surface area contributed by atoms with Crippen molar-refractivity contribution < 1.29 is 17.9 Å². The molecule has 0 aromatic heterocycles. The molecule has 0 aliphatic heterocycles. The molecule has 0 spiro atoms. The van der Waals surface area contributed by atoms with E-state index in [0.29, 0.717) is 11.4 Å². The molecule has 164 valence electrons. The first-order valence-electron chi connectivity index (χ1n) is 9.72. The number of sulfonamides is 1. The average Bonchev–Trinajstić information content (AvgIpc) is 2.78. The van der Waals surface area contributed by atoms with Gasteiger partial charge < -0.3 is 4.74 Å². The third-order valence-corrected chi connectivity index (χ3v) is 6.45. The van der Waals surface area contributed by atoms with E-state index >= 15 is 0 Å². The number of carbonyl (C=O) groups is 1. The van der Waals surface area contributed by atoms with Crippen LogP contribution in [0, 0.1) is 13.8 Å². The summed E-state index contributed by atoms with van der Waals surface area (Å²) in [4.78, 5) is 12.5. The van der Waals surface area contributed by atoms with Gasteiger partial charge in [0.05, 0.1) is 21.8 Å². The van der Waals surface area contributed by atoms with Crippen molar-refractivity contribution in [3.8, 4) is 0 Å². The minimum Gasteiger partial charge on any atom is -0.406 e. The van der Waals surface area contributed by atoms with Crippen LogP contribution in [0.4, 0.5) is 11.4 Å². The van der Waals surface area contributed by atoms with Crippen molar-refractivity contribution in [2.45, 2.75) is 18.7 Å². The molecule has 0 unspecified atom stereocenters. The first-order chi connectivity index (χ1) is 15.2. The van der Waals surface area contributed by atoms with Crippen LogP contribution in [0.25, 0.3) is 0 Å². The number of ether oxygens (including phenoxy) is 1. The Hall–Kier alpha value is -3.78. The van der Waals surface area contributed by atoms with E-state index in [1.54, 1.807) is 24.3 Å². The zero-order valence-corrected chi connectivity index (χ0v) is 18.8. The van der Waals surface area contributed by atoms with E-state index in [1.807, 2.05) is 38.1 Å². The van der Waals surface area contributed by atoms with Crippen LogP contribution >= 0.6 is 0 Å². The van der Waals surface area contributed by atoms with Gasteiger partial charge in [-0.1, -0.05) is 35.4 Å². The van der Waals surface area contributed by atoms with Crippen LogP contribution in [0.15, 0.2) is 100 Å². The van der Waals surface area contributed by atoms with Gasteiger partial charge in [-0.3, -0.25) is 0 Å². The Kier molecular flexibility index (Phi) is 6.85. The molecular weight excluding hydrogens is 426 g/mol. The number of aryl methyl sites for hydroxylation is 2. The standard InChI is InChI=1S/C24H23N3O4S/c1-17-5-11-21(12-6-17)25-26-22-13-9-20(10-14-22)24(28)31-19(3)27(4)32(29,30)23-15-7-18(2)8-16-23/h5-16H,3H2,1-2,4H3. The second-order valence-corrected chi connectivity index (χ2v) is 9.12. The van der Waals surface area contributed by atoms with Gasteiger partial charge in [0.2, 0.25) is 5.88 Å². The van der Waals surface area contributed by atoms with Crippen molar-refractivity contribution in [2.24, 2.45) is 10.2 Å². The second-order valence-electron chi connectivity index (χ2n) is 7.15. The summed E-state index contributed by atoms with van der Waals surface area (Å²) in [5, 5.41) is 8.28. The summed E-state index contributed by atoms with van der Waals surface area (Å²) >= 11 is 0. The first kappa shape index (κ1) is 22.9. The van der Waals surface area contributed by atoms with Crippen molar-refractivity contribution in [3.05, 3.63) is 102 Å². The van der Waals surface area contributed by atoms with Gasteiger partial charge in [-0.25, -0.2) is 17.5 Å². The lowest BCUT2D eigenvalue weighted by Gasteiger charge is -2.20. The monoisotopic (exact) mass is 449 g/mol. The van der Waals surface area contributed by atoms with E-state index in [-0.39, 0.29) is 16.3 Å². The molecule has 0 atom stereocenters. The topological polar surface area (TPSA) is 88.4 Å². The Morgan fingerprint density at radius 3 is 1.75 bits per heavy atom. The maximum Gasteiger partial charge on any atom is 0.344 e. The molecule has 32 heavy (non-hydrogen) atoms. The van der Waals surface area contributed by atoms with Crippen LogP contribution in [0.1, 0.15) is 21.5 Å². The molecule has 3 aromatic rings. The summed E-state index contributed by atoms with van der Waals surface area (Å²) < 4.78 is 31.4. The van der Waals surface area contributed by atoms with Gasteiger partial charge >= 0.3 is 5.97 Å². The number of nitrogens with zero attached hydrogens (tertiary/aromatic N) is 3. The summed E-state index contributed by atoms with van der Waals surface area (Å²) in [6.07, 6.45) is 0. The molecular formula is C24H23N3O4S. The molecule has 0 radical (unpaired) electrons. The summed E-state index contributed by atoms with van der Waals surface area (Å²) in [6.45, 7) is 7.43. The fraction of sp³-hybridized carbons (Fsp3) is 0.125. The number of hydrogen-bond acceptors (Lipinski definition) is 6. The molecule has 0 N–H and O–H groups in total. The van der Waals surface area contributed by atoms with Gasteiger partial charge in [0.15, 0.2) is 0 Å². The lowest BCUT2D eigenvalue weighted by atomic mass is 10.2. The fourth-order valence-electron chi connectivity index (χ4n) is 2.62. The number of azo groups is 1. The molecule has 0 saturated heterocycles. The Morgan fingerprint density at radius 1 is 0.812 bits per heavy atom. The SMILES string of the molecule is C=C(OC(=O)c1ccc(N=Nc2ccc(C)cc2)cc1)N(C)S(=O)(=O)c1ccc(C)cc1. The van der Waals surface area contributed by atoms with Gasteiger partial charge in [0.1, 0.15) is 0 Å². The summed E-state index contributed by atoms with van der Waals surface area (Å²) in [5.41, 5.74) is 3.55. The minimum absolute atomic E-state index is 0.0751. The Labute approximate surface area is 187 Å². The quantitative estimate of drug-likeness (QED) is 0.264. The van der Waals surface area contributed by atoms with Crippen LogP contribution in [0.5, 0.6) is 0 Å². The van der Waals surface area contributed by atoms with Gasteiger partial charge in [-0.15, -0.1) is 0 Å². The maximum atomic E-state index is 12.7. The molecule has 0 aliphatic rings. The van der Waals surface area contributed by atoms with Crippen molar-refractivity contribution in [1.82, 2.24) is 4.31 Å². The molecule has 0 bridgehead atoms. The molecule has 0 saturated carbocycles. The summed E-state index contributed by atoms with van der Waals surface area (Å²) in [6, 6.07) is 20.2. The molecule has 8 heteroatoms. The van der Waals surface area contributed by atoms with Crippen molar-refractivity contribution in [2.75, 3.05) is 7.05 Å². The fourth-order valence-corrected chi connectivity index (χ4v) is 3.73. The molecule has 0 aliphatic carbocycles. The number of carbonyl (C=O) groups excluding carboxylic acids is 1. The predicted molar refractivity (Wildman–Crippen MR) is 122 cm³/mol. The lowest BCUT2D eigenvalue weighted by molar-refractivity contribution is 0.0571. The molecule has 7 nitrogen and oxygen atoms in total. The Morgan fingerprint density at radius 2 is 1.25 bits per heavy atom. The van der Waals surface area contributed by atoms with E-state index in [9.17, 15) is 13.2 Å². The molecule has 3 aromatic carbocycles. The third-order valence-electron chi connectivity index (χ3n) is 4.66. The number of benzene rings is 3. The van der Waals surface area contributed by atoms with Gasteiger partial charge in [-0.2, -0.15) is 10.2 Å². The summed E-state index contributed by atoms with van der Waals surface area (Å²) in [7, 11) is -2.62. The molecule has 0 fully saturated rings. The largest absolute Gasteiger partial charge is 0.406 e. The van der Waals surface area contributed by atoms with E-state index in [2.05, 4.69) is 16.8 Å². The lowest BCUT2D eigenvalue weighted by Crippen LogP contribution is -2.28. The van der Waals surface area contributed by atoms with Gasteiger partial charge in [0, 0.05) is 7.05 Å². The molecule has 0 heterocycles. The van der Waals surface area contributed by atoms with Crippen molar-refractivity contribution in [3.63, 3.8) is 0 Å². The van der Waals surface area contributed by atoms with E-state index < -0.39 is 16.0 Å². The van der Waals surface area contributed by atoms with Crippen LogP contribution in [0.3, 0.4) is 0 Å². The van der Waals surface area contributed by atoms with Gasteiger partial charge in [0.25, 0.3) is 10.0 Å². The maximum absolute atomic E-state index is 12.7. The number of esters is 1. The van der Waals surface area contributed by atoms with Crippen LogP contribution in [-0.2, 0) is 14.8 Å². The first-order valence-corrected chi connectivity index (χ1v) is 11.2. The van der Waals surface area contributed by atoms with Crippen LogP contribution < -0.4 is 0 Å². The summed E-state index contributed by atoms with van der Waals surface area (Å²) in [5.74, 6) is -1.04. The number of rotatable bonds is 7. The molecule has 0 amide bonds. The molecule has 3 rings (SSSR count). The predicted octanol–water partition coefficient (Wildman–Crippen LogP) is 5.67. The zero-order chi connectivity index (χ0) is 23.3. The smallest absolute Gasteiger partial charge is 0.344 e. The zero-order valence-electron chi connectivity index (χ0n) is 18.0.